The highest BCUT2D eigenvalue weighted by Gasteiger charge is 2.31. The summed E-state index contributed by atoms with van der Waals surface area (Å²) in [7, 11) is 0. The standard InChI is InChI=1S/C23H23Cl3N4O3/c1-13(31)27-16-8-9-30(12-16)19-7-3-6-17(24)21(19)18-11-20(33-29-18)14-4-2-5-15(10-14)28-23(32)22(25)26/h2-7,10,16,20,22H,8-9,11-12H2,1H3,(H,27,31)(H,28,32). The molecule has 0 spiro atoms. The first-order chi connectivity index (χ1) is 15.8. The smallest absolute Gasteiger partial charge is 0.257 e. The lowest BCUT2D eigenvalue weighted by Crippen LogP contribution is -2.35. The molecule has 2 atom stereocenters. The van der Waals surface area contributed by atoms with Gasteiger partial charge in [0.05, 0.1) is 10.7 Å². The lowest BCUT2D eigenvalue weighted by Gasteiger charge is -2.23. The van der Waals surface area contributed by atoms with Gasteiger partial charge in [-0.15, -0.1) is 0 Å². The number of carbonyl (C=O) groups is 2. The molecule has 0 saturated carbocycles. The Morgan fingerprint density at radius 1 is 1.21 bits per heavy atom. The SMILES string of the molecule is CC(=O)NC1CCN(c2cccc(Cl)c2C2=NOC(c3cccc(NC(=O)C(Cl)Cl)c3)C2)C1. The summed E-state index contributed by atoms with van der Waals surface area (Å²) in [5, 5.41) is 10.6. The molecule has 2 amide bonds. The van der Waals surface area contributed by atoms with Crippen molar-refractivity contribution < 1.29 is 14.4 Å². The van der Waals surface area contributed by atoms with Crippen LogP contribution >= 0.6 is 34.8 Å². The first-order valence-electron chi connectivity index (χ1n) is 10.5. The quantitative estimate of drug-likeness (QED) is 0.555. The number of alkyl halides is 2. The maximum absolute atomic E-state index is 11.8. The van der Waals surface area contributed by atoms with E-state index in [1.165, 1.54) is 6.92 Å². The second kappa shape index (κ2) is 10.2. The number of hydrogen-bond donors (Lipinski definition) is 2. The predicted octanol–water partition coefficient (Wildman–Crippen LogP) is 4.66. The Morgan fingerprint density at radius 2 is 2.00 bits per heavy atom. The zero-order valence-electron chi connectivity index (χ0n) is 17.9. The van der Waals surface area contributed by atoms with Gasteiger partial charge in [0.25, 0.3) is 5.91 Å². The van der Waals surface area contributed by atoms with Crippen LogP contribution in [0, 0.1) is 0 Å². The number of oxime groups is 1. The zero-order valence-corrected chi connectivity index (χ0v) is 20.1. The normalized spacial score (nSPS) is 19.9. The topological polar surface area (TPSA) is 83.0 Å². The number of nitrogens with zero attached hydrogens (tertiary/aromatic N) is 2. The highest BCUT2D eigenvalue weighted by molar-refractivity contribution is 6.54. The number of hydrogen-bond acceptors (Lipinski definition) is 5. The third-order valence-electron chi connectivity index (χ3n) is 5.61. The van der Waals surface area contributed by atoms with E-state index in [0.29, 0.717) is 23.7 Å². The second-order valence-corrected chi connectivity index (χ2v) is 9.52. The van der Waals surface area contributed by atoms with E-state index >= 15 is 0 Å². The zero-order chi connectivity index (χ0) is 23.5. The number of halogens is 3. The summed E-state index contributed by atoms with van der Waals surface area (Å²) >= 11 is 17.9. The van der Waals surface area contributed by atoms with Crippen LogP contribution in [0.1, 0.15) is 37.0 Å². The first-order valence-corrected chi connectivity index (χ1v) is 11.8. The van der Waals surface area contributed by atoms with Crippen molar-refractivity contribution in [3.05, 3.63) is 58.6 Å². The van der Waals surface area contributed by atoms with Gasteiger partial charge in [0.15, 0.2) is 10.9 Å². The minimum absolute atomic E-state index is 0.0318. The van der Waals surface area contributed by atoms with Crippen molar-refractivity contribution >= 4 is 63.7 Å². The molecule has 2 N–H and O–H groups in total. The van der Waals surface area contributed by atoms with Crippen molar-refractivity contribution in [1.82, 2.24) is 5.32 Å². The Morgan fingerprint density at radius 3 is 2.76 bits per heavy atom. The molecule has 2 aliphatic rings. The van der Waals surface area contributed by atoms with Crippen LogP contribution in [0.15, 0.2) is 47.6 Å². The molecular weight excluding hydrogens is 487 g/mol. The van der Waals surface area contributed by atoms with Crippen molar-refractivity contribution in [2.75, 3.05) is 23.3 Å². The van der Waals surface area contributed by atoms with Crippen molar-refractivity contribution in [3.8, 4) is 0 Å². The molecule has 2 aliphatic heterocycles. The molecule has 2 aromatic carbocycles. The molecule has 1 fully saturated rings. The molecule has 1 saturated heterocycles. The Balaban J connectivity index is 1.51. The highest BCUT2D eigenvalue weighted by atomic mass is 35.5. The van der Waals surface area contributed by atoms with E-state index in [-0.39, 0.29) is 18.1 Å². The number of nitrogens with one attached hydrogen (secondary N) is 2. The molecule has 33 heavy (non-hydrogen) atoms. The van der Waals surface area contributed by atoms with Gasteiger partial charge in [-0.05, 0) is 36.2 Å². The summed E-state index contributed by atoms with van der Waals surface area (Å²) < 4.78 is 0. The fourth-order valence-corrected chi connectivity index (χ4v) is 4.55. The molecule has 0 aromatic heterocycles. The Hall–Kier alpha value is -2.48. The minimum atomic E-state index is -1.15. The molecule has 0 bridgehead atoms. The van der Waals surface area contributed by atoms with Crippen LogP contribution in [0.4, 0.5) is 11.4 Å². The molecule has 174 valence electrons. The highest BCUT2D eigenvalue weighted by Crippen LogP contribution is 2.37. The van der Waals surface area contributed by atoms with E-state index in [1.807, 2.05) is 36.4 Å². The summed E-state index contributed by atoms with van der Waals surface area (Å²) in [6.07, 6.45) is 1.06. The number of amides is 2. The van der Waals surface area contributed by atoms with Gasteiger partial charge in [-0.25, -0.2) is 0 Å². The van der Waals surface area contributed by atoms with Crippen molar-refractivity contribution in [1.29, 1.82) is 0 Å². The van der Waals surface area contributed by atoms with Gasteiger partial charge in [-0.3, -0.25) is 9.59 Å². The van der Waals surface area contributed by atoms with E-state index in [2.05, 4.69) is 20.7 Å². The van der Waals surface area contributed by atoms with Crippen LogP contribution in [0.2, 0.25) is 5.02 Å². The van der Waals surface area contributed by atoms with E-state index in [9.17, 15) is 9.59 Å². The van der Waals surface area contributed by atoms with Gasteiger partial charge in [0.2, 0.25) is 5.91 Å². The molecule has 4 rings (SSSR count). The van der Waals surface area contributed by atoms with E-state index < -0.39 is 10.7 Å². The summed E-state index contributed by atoms with van der Waals surface area (Å²) in [5.74, 6) is -0.528. The third-order valence-corrected chi connectivity index (χ3v) is 6.32. The number of rotatable bonds is 6. The molecule has 2 unspecified atom stereocenters. The number of anilines is 2. The summed E-state index contributed by atoms with van der Waals surface area (Å²) in [6.45, 7) is 3.04. The first kappa shape index (κ1) is 23.7. The van der Waals surface area contributed by atoms with Gasteiger partial charge in [-0.2, -0.15) is 0 Å². The number of carbonyl (C=O) groups excluding carboxylic acids is 2. The minimum Gasteiger partial charge on any atom is -0.387 e. The Labute approximate surface area is 207 Å². The largest absolute Gasteiger partial charge is 0.387 e. The maximum atomic E-state index is 11.8. The summed E-state index contributed by atoms with van der Waals surface area (Å²) in [5.41, 5.74) is 3.98. The van der Waals surface area contributed by atoms with Crippen LogP contribution in [0.3, 0.4) is 0 Å². The van der Waals surface area contributed by atoms with Gasteiger partial charge < -0.3 is 20.4 Å². The molecular formula is C23H23Cl3N4O3. The number of benzene rings is 2. The lowest BCUT2D eigenvalue weighted by molar-refractivity contribution is -0.119. The molecule has 10 heteroatoms. The Bertz CT molecular complexity index is 1090. The molecule has 2 aromatic rings. The summed E-state index contributed by atoms with van der Waals surface area (Å²) in [6, 6.07) is 13.1. The van der Waals surface area contributed by atoms with Crippen LogP contribution in [0.25, 0.3) is 0 Å². The summed E-state index contributed by atoms with van der Waals surface area (Å²) in [4.78, 5) is 30.0. The van der Waals surface area contributed by atoms with Crippen LogP contribution < -0.4 is 15.5 Å². The molecule has 7 nitrogen and oxygen atoms in total. The fourth-order valence-electron chi connectivity index (χ4n) is 4.16. The van der Waals surface area contributed by atoms with Crippen LogP contribution in [0.5, 0.6) is 0 Å². The average Bonchev–Trinajstić information content (AvgIpc) is 3.43. The average molecular weight is 510 g/mol. The van der Waals surface area contributed by atoms with E-state index in [4.69, 9.17) is 39.6 Å². The fraction of sp³-hybridized carbons (Fsp3) is 0.348. The molecule has 2 heterocycles. The van der Waals surface area contributed by atoms with Crippen molar-refractivity contribution in [2.24, 2.45) is 5.16 Å². The Kier molecular flexibility index (Phi) is 7.32. The third kappa shape index (κ3) is 5.54. The molecule has 0 radical (unpaired) electrons. The van der Waals surface area contributed by atoms with Gasteiger partial charge in [0, 0.05) is 49.4 Å². The van der Waals surface area contributed by atoms with Crippen molar-refractivity contribution in [2.45, 2.75) is 36.7 Å². The maximum Gasteiger partial charge on any atom is 0.257 e. The predicted molar refractivity (Wildman–Crippen MR) is 131 cm³/mol. The van der Waals surface area contributed by atoms with Gasteiger partial charge >= 0.3 is 0 Å². The van der Waals surface area contributed by atoms with Gasteiger partial charge in [-0.1, -0.05) is 58.2 Å². The van der Waals surface area contributed by atoms with E-state index in [1.54, 1.807) is 6.07 Å². The monoisotopic (exact) mass is 508 g/mol. The second-order valence-electron chi connectivity index (χ2n) is 8.02. The van der Waals surface area contributed by atoms with E-state index in [0.717, 1.165) is 35.5 Å². The van der Waals surface area contributed by atoms with Crippen LogP contribution in [-0.4, -0.2) is 41.5 Å². The molecule has 0 aliphatic carbocycles. The van der Waals surface area contributed by atoms with Crippen LogP contribution in [-0.2, 0) is 14.4 Å². The van der Waals surface area contributed by atoms with Gasteiger partial charge in [0.1, 0.15) is 0 Å². The lowest BCUT2D eigenvalue weighted by atomic mass is 9.98. The van der Waals surface area contributed by atoms with Crippen molar-refractivity contribution in [3.63, 3.8) is 0 Å².